The van der Waals surface area contributed by atoms with Crippen LogP contribution in [0.25, 0.3) is 0 Å². The molecule has 1 heterocycles. The maximum Gasteiger partial charge on any atom is 0.328 e. The Morgan fingerprint density at radius 3 is 2.43 bits per heavy atom. The highest BCUT2D eigenvalue weighted by atomic mass is 16.6. The lowest BCUT2D eigenvalue weighted by atomic mass is 10.1. The van der Waals surface area contributed by atoms with Crippen molar-refractivity contribution < 1.29 is 23.9 Å². The Morgan fingerprint density at radius 2 is 1.91 bits per heavy atom. The van der Waals surface area contributed by atoms with E-state index in [4.69, 9.17) is 9.47 Å². The van der Waals surface area contributed by atoms with Gasteiger partial charge in [0.05, 0.1) is 13.0 Å². The lowest BCUT2D eigenvalue weighted by Gasteiger charge is -2.19. The van der Waals surface area contributed by atoms with Crippen molar-refractivity contribution in [2.24, 2.45) is 0 Å². The molecule has 1 aliphatic heterocycles. The number of esters is 2. The zero-order chi connectivity index (χ0) is 17.0. The predicted molar refractivity (Wildman–Crippen MR) is 82.8 cm³/mol. The standard InChI is InChI=1S/C17H21NO5/c1-17(2,3)23-14(19)10-11-4-6-12(7-5-11)15(20)18-13-8-9-22-16(13)21/h4-7,13H,8-10H2,1-3H3,(H,18,20). The Kier molecular flexibility index (Phi) is 5.03. The van der Waals surface area contributed by atoms with E-state index in [9.17, 15) is 14.4 Å². The van der Waals surface area contributed by atoms with Crippen LogP contribution in [0.15, 0.2) is 24.3 Å². The van der Waals surface area contributed by atoms with Crippen molar-refractivity contribution in [1.82, 2.24) is 5.32 Å². The van der Waals surface area contributed by atoms with Gasteiger partial charge in [0.25, 0.3) is 5.91 Å². The molecule has 1 unspecified atom stereocenters. The molecule has 6 heteroatoms. The minimum Gasteiger partial charge on any atom is -0.464 e. The third kappa shape index (κ3) is 5.09. The van der Waals surface area contributed by atoms with Crippen LogP contribution in [-0.4, -0.2) is 36.1 Å². The van der Waals surface area contributed by atoms with Crippen molar-refractivity contribution in [2.75, 3.05) is 6.61 Å². The number of carbonyl (C=O) groups excluding carboxylic acids is 3. The molecule has 2 rings (SSSR count). The first-order chi connectivity index (χ1) is 10.7. The summed E-state index contributed by atoms with van der Waals surface area (Å²) in [6.45, 7) is 5.77. The summed E-state index contributed by atoms with van der Waals surface area (Å²) < 4.78 is 10.1. The Labute approximate surface area is 135 Å². The molecule has 0 bridgehead atoms. The molecule has 0 radical (unpaired) electrons. The fraction of sp³-hybridized carbons (Fsp3) is 0.471. The summed E-state index contributed by atoms with van der Waals surface area (Å²) in [5, 5.41) is 2.63. The first kappa shape index (κ1) is 17.0. The van der Waals surface area contributed by atoms with E-state index in [1.807, 2.05) is 20.8 Å². The van der Waals surface area contributed by atoms with Crippen molar-refractivity contribution in [2.45, 2.75) is 45.3 Å². The van der Waals surface area contributed by atoms with Crippen LogP contribution in [0.5, 0.6) is 0 Å². The van der Waals surface area contributed by atoms with E-state index < -0.39 is 17.6 Å². The van der Waals surface area contributed by atoms with Crippen LogP contribution < -0.4 is 5.32 Å². The summed E-state index contributed by atoms with van der Waals surface area (Å²) in [4.78, 5) is 35.2. The molecule has 1 fully saturated rings. The highest BCUT2D eigenvalue weighted by Gasteiger charge is 2.28. The quantitative estimate of drug-likeness (QED) is 0.853. The molecule has 23 heavy (non-hydrogen) atoms. The molecule has 0 aliphatic carbocycles. The van der Waals surface area contributed by atoms with Gasteiger partial charge in [-0.15, -0.1) is 0 Å². The predicted octanol–water partition coefficient (Wildman–Crippen LogP) is 1.62. The molecular formula is C17H21NO5. The van der Waals surface area contributed by atoms with Gasteiger partial charge in [-0.3, -0.25) is 9.59 Å². The largest absolute Gasteiger partial charge is 0.464 e. The number of carbonyl (C=O) groups is 3. The van der Waals surface area contributed by atoms with Crippen LogP contribution in [-0.2, 0) is 25.5 Å². The summed E-state index contributed by atoms with van der Waals surface area (Å²) in [6.07, 6.45) is 0.634. The third-order valence-electron chi connectivity index (χ3n) is 3.23. The fourth-order valence-electron chi connectivity index (χ4n) is 2.19. The first-order valence-electron chi connectivity index (χ1n) is 7.53. The number of amides is 1. The van der Waals surface area contributed by atoms with Crippen LogP contribution in [0.2, 0.25) is 0 Å². The lowest BCUT2D eigenvalue weighted by Crippen LogP contribution is -2.37. The van der Waals surface area contributed by atoms with E-state index in [0.29, 0.717) is 18.6 Å². The minimum atomic E-state index is -0.580. The second-order valence-electron chi connectivity index (χ2n) is 6.44. The SMILES string of the molecule is CC(C)(C)OC(=O)Cc1ccc(C(=O)NC2CCOC2=O)cc1. The number of hydrogen-bond acceptors (Lipinski definition) is 5. The van der Waals surface area contributed by atoms with E-state index in [1.165, 1.54) is 0 Å². The molecule has 6 nitrogen and oxygen atoms in total. The molecule has 1 saturated heterocycles. The van der Waals surface area contributed by atoms with Gasteiger partial charge in [0.15, 0.2) is 0 Å². The van der Waals surface area contributed by atoms with Crippen molar-refractivity contribution in [1.29, 1.82) is 0 Å². The van der Waals surface area contributed by atoms with Crippen molar-refractivity contribution in [3.05, 3.63) is 35.4 Å². The molecular weight excluding hydrogens is 298 g/mol. The van der Waals surface area contributed by atoms with Gasteiger partial charge in [-0.2, -0.15) is 0 Å². The van der Waals surface area contributed by atoms with Gasteiger partial charge in [0, 0.05) is 12.0 Å². The van der Waals surface area contributed by atoms with E-state index in [1.54, 1.807) is 24.3 Å². The molecule has 0 saturated carbocycles. The average molecular weight is 319 g/mol. The van der Waals surface area contributed by atoms with Gasteiger partial charge in [-0.1, -0.05) is 12.1 Å². The van der Waals surface area contributed by atoms with Crippen molar-refractivity contribution >= 4 is 17.8 Å². The maximum atomic E-state index is 12.1. The van der Waals surface area contributed by atoms with Crippen LogP contribution in [0, 0.1) is 0 Å². The molecule has 1 aliphatic rings. The summed E-state index contributed by atoms with van der Waals surface area (Å²) in [5.74, 6) is -1.05. The molecule has 0 spiro atoms. The Balaban J connectivity index is 1.92. The van der Waals surface area contributed by atoms with Crippen LogP contribution in [0.4, 0.5) is 0 Å². The molecule has 0 aromatic heterocycles. The number of rotatable bonds is 4. The summed E-state index contributed by atoms with van der Waals surface area (Å²) in [6, 6.07) is 6.06. The highest BCUT2D eigenvalue weighted by Crippen LogP contribution is 2.12. The molecule has 1 amide bonds. The fourth-order valence-corrected chi connectivity index (χ4v) is 2.19. The Bertz CT molecular complexity index is 600. The van der Waals surface area contributed by atoms with Gasteiger partial charge in [-0.25, -0.2) is 4.79 Å². The third-order valence-corrected chi connectivity index (χ3v) is 3.23. The van der Waals surface area contributed by atoms with Crippen LogP contribution in [0.3, 0.4) is 0 Å². The zero-order valence-corrected chi connectivity index (χ0v) is 13.5. The molecule has 1 N–H and O–H groups in total. The second kappa shape index (κ2) is 6.81. The number of nitrogens with one attached hydrogen (secondary N) is 1. The normalized spacial score (nSPS) is 17.5. The van der Waals surface area contributed by atoms with Crippen molar-refractivity contribution in [3.63, 3.8) is 0 Å². The van der Waals surface area contributed by atoms with Gasteiger partial charge in [0.2, 0.25) is 0 Å². The highest BCUT2D eigenvalue weighted by molar-refractivity contribution is 5.97. The molecule has 124 valence electrons. The van der Waals surface area contributed by atoms with E-state index in [-0.39, 0.29) is 18.3 Å². The zero-order valence-electron chi connectivity index (χ0n) is 13.5. The monoisotopic (exact) mass is 319 g/mol. The average Bonchev–Trinajstić information content (AvgIpc) is 2.83. The second-order valence-corrected chi connectivity index (χ2v) is 6.44. The summed E-state index contributed by atoms with van der Waals surface area (Å²) in [7, 11) is 0. The van der Waals surface area contributed by atoms with Crippen LogP contribution in [0.1, 0.15) is 43.1 Å². The Hall–Kier alpha value is -2.37. The topological polar surface area (TPSA) is 81.7 Å². The minimum absolute atomic E-state index is 0.147. The lowest BCUT2D eigenvalue weighted by molar-refractivity contribution is -0.154. The molecule has 1 aromatic carbocycles. The number of hydrogen-bond donors (Lipinski definition) is 1. The maximum absolute atomic E-state index is 12.1. The molecule has 1 atom stereocenters. The van der Waals surface area contributed by atoms with Gasteiger partial charge in [0.1, 0.15) is 11.6 Å². The first-order valence-corrected chi connectivity index (χ1v) is 7.53. The van der Waals surface area contributed by atoms with E-state index in [2.05, 4.69) is 5.32 Å². The number of ether oxygens (including phenoxy) is 2. The Morgan fingerprint density at radius 1 is 1.26 bits per heavy atom. The number of cyclic esters (lactones) is 1. The van der Waals surface area contributed by atoms with E-state index in [0.717, 1.165) is 5.56 Å². The number of benzene rings is 1. The molecule has 1 aromatic rings. The van der Waals surface area contributed by atoms with Gasteiger partial charge >= 0.3 is 11.9 Å². The smallest absolute Gasteiger partial charge is 0.328 e. The van der Waals surface area contributed by atoms with Crippen molar-refractivity contribution in [3.8, 4) is 0 Å². The van der Waals surface area contributed by atoms with E-state index >= 15 is 0 Å². The summed E-state index contributed by atoms with van der Waals surface area (Å²) >= 11 is 0. The van der Waals surface area contributed by atoms with Gasteiger partial charge in [-0.05, 0) is 38.5 Å². The summed E-state index contributed by atoms with van der Waals surface area (Å²) in [5.41, 5.74) is 0.668. The van der Waals surface area contributed by atoms with Gasteiger partial charge < -0.3 is 14.8 Å². The van der Waals surface area contributed by atoms with Crippen LogP contribution >= 0.6 is 0 Å².